The van der Waals surface area contributed by atoms with Crippen molar-refractivity contribution in [2.24, 2.45) is 7.05 Å². The molecule has 0 radical (unpaired) electrons. The molecule has 0 unspecified atom stereocenters. The summed E-state index contributed by atoms with van der Waals surface area (Å²) in [6.07, 6.45) is 6.93. The summed E-state index contributed by atoms with van der Waals surface area (Å²) in [5.41, 5.74) is 1.51. The predicted molar refractivity (Wildman–Crippen MR) is 76.9 cm³/mol. The number of allylic oxidation sites excluding steroid dienone is 1. The Hall–Kier alpha value is -1.89. The molecule has 100 valence electrons. The van der Waals surface area contributed by atoms with Crippen LogP contribution >= 0.6 is 15.9 Å². The minimum Gasteiger partial charge on any atom is -0.378 e. The lowest BCUT2D eigenvalue weighted by atomic mass is 10.3. The summed E-state index contributed by atoms with van der Waals surface area (Å²) >= 11 is 3.29. The van der Waals surface area contributed by atoms with Crippen LogP contribution in [0.3, 0.4) is 0 Å². The Kier molecular flexibility index (Phi) is 4.16. The van der Waals surface area contributed by atoms with Crippen LogP contribution in [0.4, 0.5) is 5.69 Å². The third-order valence-corrected chi connectivity index (χ3v) is 3.29. The van der Waals surface area contributed by atoms with Gasteiger partial charge in [0.15, 0.2) is 0 Å². The van der Waals surface area contributed by atoms with E-state index in [2.05, 4.69) is 38.0 Å². The van der Waals surface area contributed by atoms with Crippen molar-refractivity contribution < 1.29 is 0 Å². The summed E-state index contributed by atoms with van der Waals surface area (Å²) in [5, 5.41) is 11.3. The smallest absolute Gasteiger partial charge is 0.283 e. The number of aromatic nitrogens is 4. The van der Waals surface area contributed by atoms with Crippen LogP contribution in [0.5, 0.6) is 0 Å². The Morgan fingerprint density at radius 1 is 1.47 bits per heavy atom. The van der Waals surface area contributed by atoms with Gasteiger partial charge in [-0.2, -0.15) is 10.2 Å². The number of nitrogens with one attached hydrogen (secondary N) is 1. The third-order valence-electron chi connectivity index (χ3n) is 2.53. The largest absolute Gasteiger partial charge is 0.378 e. The number of nitrogens with zero attached hydrogens (tertiary/aromatic N) is 4. The first-order valence-electron chi connectivity index (χ1n) is 5.69. The molecule has 2 aromatic rings. The lowest BCUT2D eigenvalue weighted by Crippen LogP contribution is -2.23. The summed E-state index contributed by atoms with van der Waals surface area (Å²) in [6, 6.07) is 0. The monoisotopic (exact) mass is 323 g/mol. The molecule has 0 spiro atoms. The maximum atomic E-state index is 11.9. The Morgan fingerprint density at radius 2 is 2.26 bits per heavy atom. The molecular formula is C12H14BrN5O. The number of hydrogen-bond acceptors (Lipinski definition) is 4. The average molecular weight is 324 g/mol. The molecular weight excluding hydrogens is 310 g/mol. The fourth-order valence-corrected chi connectivity index (χ4v) is 2.05. The van der Waals surface area contributed by atoms with Gasteiger partial charge in [0.25, 0.3) is 5.56 Å². The first-order chi connectivity index (χ1) is 9.11. The number of hydrogen-bond donors (Lipinski definition) is 1. The van der Waals surface area contributed by atoms with E-state index >= 15 is 0 Å². The van der Waals surface area contributed by atoms with Gasteiger partial charge in [0.2, 0.25) is 0 Å². The molecule has 1 N–H and O–H groups in total. The lowest BCUT2D eigenvalue weighted by Gasteiger charge is -2.08. The molecule has 2 rings (SSSR count). The first kappa shape index (κ1) is 13.5. The van der Waals surface area contributed by atoms with E-state index in [-0.39, 0.29) is 5.56 Å². The van der Waals surface area contributed by atoms with Crippen LogP contribution in [0.1, 0.15) is 5.56 Å². The number of rotatable bonds is 5. The number of halogens is 1. The second kappa shape index (κ2) is 5.83. The van der Waals surface area contributed by atoms with E-state index in [1.807, 2.05) is 13.2 Å². The van der Waals surface area contributed by atoms with Crippen LogP contribution in [0.15, 0.2) is 40.5 Å². The summed E-state index contributed by atoms with van der Waals surface area (Å²) in [4.78, 5) is 11.9. The van der Waals surface area contributed by atoms with Crippen molar-refractivity contribution in [2.75, 3.05) is 5.32 Å². The Morgan fingerprint density at radius 3 is 2.89 bits per heavy atom. The molecule has 0 aromatic carbocycles. The van der Waals surface area contributed by atoms with Crippen molar-refractivity contribution >= 4 is 21.6 Å². The first-order valence-corrected chi connectivity index (χ1v) is 6.49. The fourth-order valence-electron chi connectivity index (χ4n) is 1.60. The van der Waals surface area contributed by atoms with Crippen LogP contribution in [-0.2, 0) is 20.1 Å². The molecule has 2 aromatic heterocycles. The van der Waals surface area contributed by atoms with Crippen molar-refractivity contribution in [3.05, 3.63) is 51.6 Å². The van der Waals surface area contributed by atoms with Crippen molar-refractivity contribution in [1.29, 1.82) is 0 Å². The zero-order valence-electron chi connectivity index (χ0n) is 10.5. The molecule has 0 aliphatic rings. The van der Waals surface area contributed by atoms with Gasteiger partial charge >= 0.3 is 0 Å². The van der Waals surface area contributed by atoms with E-state index in [0.29, 0.717) is 23.2 Å². The van der Waals surface area contributed by atoms with Gasteiger partial charge in [0.05, 0.1) is 24.6 Å². The standard InChI is InChI=1S/C12H14BrN5O/c1-3-4-18-12(19)11(13)10(7-16-18)14-5-9-6-15-17(2)8-9/h3,6-8,14H,1,4-5H2,2H3. The zero-order chi connectivity index (χ0) is 13.8. The molecule has 0 aliphatic carbocycles. The lowest BCUT2D eigenvalue weighted by molar-refractivity contribution is 0.649. The van der Waals surface area contributed by atoms with Crippen molar-refractivity contribution in [1.82, 2.24) is 19.6 Å². The molecule has 0 saturated heterocycles. The third kappa shape index (κ3) is 3.11. The summed E-state index contributed by atoms with van der Waals surface area (Å²) in [6.45, 7) is 4.56. The maximum Gasteiger partial charge on any atom is 0.283 e. The van der Waals surface area contributed by atoms with Gasteiger partial charge in [-0.1, -0.05) is 6.08 Å². The van der Waals surface area contributed by atoms with E-state index in [0.717, 1.165) is 5.56 Å². The quantitative estimate of drug-likeness (QED) is 0.848. The van der Waals surface area contributed by atoms with Gasteiger partial charge in [-0.25, -0.2) is 4.68 Å². The maximum absolute atomic E-state index is 11.9. The Balaban J connectivity index is 2.15. The second-order valence-electron chi connectivity index (χ2n) is 4.02. The molecule has 0 atom stereocenters. The molecule has 6 nitrogen and oxygen atoms in total. The highest BCUT2D eigenvalue weighted by Crippen LogP contribution is 2.17. The fraction of sp³-hybridized carbons (Fsp3) is 0.250. The second-order valence-corrected chi connectivity index (χ2v) is 4.82. The van der Waals surface area contributed by atoms with Crippen LogP contribution in [0.25, 0.3) is 0 Å². The Bertz CT molecular complexity index is 646. The molecule has 0 amide bonds. The van der Waals surface area contributed by atoms with Crippen molar-refractivity contribution in [2.45, 2.75) is 13.1 Å². The van der Waals surface area contributed by atoms with Crippen molar-refractivity contribution in [3.8, 4) is 0 Å². The molecule has 19 heavy (non-hydrogen) atoms. The average Bonchev–Trinajstić information content (AvgIpc) is 2.80. The minimum absolute atomic E-state index is 0.184. The molecule has 2 heterocycles. The van der Waals surface area contributed by atoms with Crippen LogP contribution in [0, 0.1) is 0 Å². The predicted octanol–water partition coefficient (Wildman–Crippen LogP) is 1.54. The highest BCUT2D eigenvalue weighted by Gasteiger charge is 2.08. The SMILES string of the molecule is C=CCn1ncc(NCc2cnn(C)c2)c(Br)c1=O. The number of anilines is 1. The van der Waals surface area contributed by atoms with Gasteiger partial charge in [0.1, 0.15) is 4.47 Å². The molecule has 0 aliphatic heterocycles. The van der Waals surface area contributed by atoms with E-state index < -0.39 is 0 Å². The van der Waals surface area contributed by atoms with E-state index in [4.69, 9.17) is 0 Å². The Labute approximate surface area is 118 Å². The van der Waals surface area contributed by atoms with Crippen LogP contribution in [0.2, 0.25) is 0 Å². The summed E-state index contributed by atoms with van der Waals surface area (Å²) in [5.74, 6) is 0. The van der Waals surface area contributed by atoms with Gasteiger partial charge in [-0.05, 0) is 15.9 Å². The topological polar surface area (TPSA) is 64.7 Å². The summed E-state index contributed by atoms with van der Waals surface area (Å²) < 4.78 is 3.53. The molecule has 0 bridgehead atoms. The normalized spacial score (nSPS) is 10.4. The van der Waals surface area contributed by atoms with Gasteiger partial charge < -0.3 is 5.32 Å². The number of aryl methyl sites for hydroxylation is 1. The zero-order valence-corrected chi connectivity index (χ0v) is 12.1. The van der Waals surface area contributed by atoms with Crippen molar-refractivity contribution in [3.63, 3.8) is 0 Å². The highest BCUT2D eigenvalue weighted by molar-refractivity contribution is 9.10. The van der Waals surface area contributed by atoms with E-state index in [9.17, 15) is 4.79 Å². The molecule has 7 heteroatoms. The molecule has 0 fully saturated rings. The van der Waals surface area contributed by atoms with Gasteiger partial charge in [-0.15, -0.1) is 6.58 Å². The molecule has 0 saturated carbocycles. The van der Waals surface area contributed by atoms with Gasteiger partial charge in [0, 0.05) is 25.4 Å². The summed E-state index contributed by atoms with van der Waals surface area (Å²) in [7, 11) is 1.86. The minimum atomic E-state index is -0.184. The van der Waals surface area contributed by atoms with E-state index in [1.165, 1.54) is 4.68 Å². The highest BCUT2D eigenvalue weighted by atomic mass is 79.9. The van der Waals surface area contributed by atoms with Crippen LogP contribution in [-0.4, -0.2) is 19.6 Å². The van der Waals surface area contributed by atoms with Gasteiger partial charge in [-0.3, -0.25) is 9.48 Å². The van der Waals surface area contributed by atoms with Crippen LogP contribution < -0.4 is 10.9 Å². The van der Waals surface area contributed by atoms with E-state index in [1.54, 1.807) is 23.2 Å².